The van der Waals surface area contributed by atoms with Gasteiger partial charge in [-0.1, -0.05) is 19.1 Å². The lowest BCUT2D eigenvalue weighted by Crippen LogP contribution is -2.44. The van der Waals surface area contributed by atoms with Crippen molar-refractivity contribution >= 4 is 11.6 Å². The summed E-state index contributed by atoms with van der Waals surface area (Å²) in [5, 5.41) is 15.9. The van der Waals surface area contributed by atoms with Gasteiger partial charge in [-0.15, -0.1) is 0 Å². The number of hydrogen-bond acceptors (Lipinski definition) is 4. The molecule has 2 atom stereocenters. The summed E-state index contributed by atoms with van der Waals surface area (Å²) in [6, 6.07) is 8.48. The van der Waals surface area contributed by atoms with Gasteiger partial charge in [0.1, 0.15) is 5.75 Å². The molecule has 1 aromatic rings. The first-order valence-electron chi connectivity index (χ1n) is 8.71. The number of aliphatic hydroxyl groups excluding tert-OH is 1. The zero-order chi connectivity index (χ0) is 17.4. The summed E-state index contributed by atoms with van der Waals surface area (Å²) < 4.78 is 5.47. The van der Waals surface area contributed by atoms with Gasteiger partial charge in [-0.2, -0.15) is 0 Å². The number of anilines is 1. The predicted molar refractivity (Wildman–Crippen MR) is 99.0 cm³/mol. The monoisotopic (exact) mass is 334 g/mol. The second-order valence-electron chi connectivity index (χ2n) is 6.26. The van der Waals surface area contributed by atoms with Gasteiger partial charge in [0.05, 0.1) is 12.8 Å². The molecule has 0 aromatic heterocycles. The highest BCUT2D eigenvalue weighted by atomic mass is 16.5. The van der Waals surface area contributed by atoms with E-state index in [1.54, 1.807) is 7.11 Å². The van der Waals surface area contributed by atoms with Gasteiger partial charge in [0.2, 0.25) is 0 Å². The smallest absolute Gasteiger partial charge is 0.191 e. The summed E-state index contributed by atoms with van der Waals surface area (Å²) in [4.78, 5) is 6.91. The number of benzene rings is 1. The van der Waals surface area contributed by atoms with Crippen LogP contribution in [0.4, 0.5) is 5.69 Å². The average molecular weight is 334 g/mol. The van der Waals surface area contributed by atoms with Crippen LogP contribution in [-0.2, 0) is 0 Å². The molecule has 0 saturated carbocycles. The molecular formula is C18H30N4O2. The van der Waals surface area contributed by atoms with Crippen LogP contribution in [0.5, 0.6) is 5.75 Å². The molecule has 0 bridgehead atoms. The Morgan fingerprint density at radius 2 is 2.25 bits per heavy atom. The fourth-order valence-electron chi connectivity index (χ4n) is 2.81. The number of methoxy groups -OCH3 is 1. The number of hydrogen-bond donors (Lipinski definition) is 3. The summed E-state index contributed by atoms with van der Waals surface area (Å²) in [5.74, 6) is 1.91. The van der Waals surface area contributed by atoms with Crippen molar-refractivity contribution in [1.82, 2.24) is 10.6 Å². The number of guanidine groups is 1. The molecule has 1 aromatic carbocycles. The Hall–Kier alpha value is -1.95. The second-order valence-corrected chi connectivity index (χ2v) is 6.26. The maximum Gasteiger partial charge on any atom is 0.191 e. The van der Waals surface area contributed by atoms with E-state index in [1.807, 2.05) is 25.1 Å². The van der Waals surface area contributed by atoms with Crippen LogP contribution in [-0.4, -0.2) is 57.0 Å². The van der Waals surface area contributed by atoms with Crippen molar-refractivity contribution in [2.24, 2.45) is 10.9 Å². The normalized spacial score (nSPS) is 19.2. The fraction of sp³-hybridized carbons (Fsp3) is 0.611. The van der Waals surface area contributed by atoms with Gasteiger partial charge in [0.15, 0.2) is 5.96 Å². The predicted octanol–water partition coefficient (Wildman–Crippen LogP) is 1.46. The fourth-order valence-corrected chi connectivity index (χ4v) is 2.81. The lowest BCUT2D eigenvalue weighted by molar-refractivity contribution is 0.241. The molecule has 3 N–H and O–H groups in total. The van der Waals surface area contributed by atoms with Gasteiger partial charge in [-0.3, -0.25) is 4.99 Å². The van der Waals surface area contributed by atoms with Crippen LogP contribution in [0.15, 0.2) is 29.3 Å². The lowest BCUT2D eigenvalue weighted by Gasteiger charge is -2.22. The molecule has 134 valence electrons. The molecule has 1 fully saturated rings. The van der Waals surface area contributed by atoms with E-state index in [0.717, 1.165) is 43.5 Å². The zero-order valence-electron chi connectivity index (χ0n) is 15.0. The van der Waals surface area contributed by atoms with Crippen LogP contribution >= 0.6 is 0 Å². The van der Waals surface area contributed by atoms with Crippen LogP contribution in [0.2, 0.25) is 0 Å². The van der Waals surface area contributed by atoms with Crippen LogP contribution in [0.1, 0.15) is 20.3 Å². The largest absolute Gasteiger partial charge is 0.495 e. The Morgan fingerprint density at radius 3 is 2.96 bits per heavy atom. The summed E-state index contributed by atoms with van der Waals surface area (Å²) in [5.41, 5.74) is 1.14. The van der Waals surface area contributed by atoms with Crippen LogP contribution in [0.3, 0.4) is 0 Å². The highest BCUT2D eigenvalue weighted by molar-refractivity contribution is 5.80. The van der Waals surface area contributed by atoms with Crippen molar-refractivity contribution in [3.63, 3.8) is 0 Å². The standard InChI is InChI=1S/C18H30N4O2/c1-4-19-18(20-11-14(2)13-23)21-15-9-10-22(12-15)16-7-5-6-8-17(16)24-3/h5-8,14-15,23H,4,9-13H2,1-3H3,(H2,19,20,21). The summed E-state index contributed by atoms with van der Waals surface area (Å²) in [7, 11) is 1.71. The van der Waals surface area contributed by atoms with E-state index in [0.29, 0.717) is 12.6 Å². The quantitative estimate of drug-likeness (QED) is 0.520. The molecule has 6 heteroatoms. The maximum atomic E-state index is 9.14. The zero-order valence-corrected chi connectivity index (χ0v) is 15.0. The number of para-hydroxylation sites is 2. The second kappa shape index (κ2) is 9.37. The molecule has 0 aliphatic carbocycles. The molecule has 0 radical (unpaired) electrons. The number of aliphatic imine (C=N–C) groups is 1. The maximum absolute atomic E-state index is 9.14. The number of nitrogens with zero attached hydrogens (tertiary/aromatic N) is 2. The van der Waals surface area contributed by atoms with Gasteiger partial charge < -0.3 is 25.4 Å². The van der Waals surface area contributed by atoms with Crippen molar-refractivity contribution in [3.8, 4) is 5.75 Å². The van der Waals surface area contributed by atoms with E-state index >= 15 is 0 Å². The molecule has 24 heavy (non-hydrogen) atoms. The molecule has 1 heterocycles. The van der Waals surface area contributed by atoms with Gasteiger partial charge >= 0.3 is 0 Å². The number of rotatable bonds is 7. The molecule has 1 aliphatic heterocycles. The SMILES string of the molecule is CCNC(=NCC(C)CO)NC1CCN(c2ccccc2OC)C1. The van der Waals surface area contributed by atoms with E-state index < -0.39 is 0 Å². The van der Waals surface area contributed by atoms with E-state index in [-0.39, 0.29) is 12.5 Å². The van der Waals surface area contributed by atoms with Crippen LogP contribution in [0.25, 0.3) is 0 Å². The van der Waals surface area contributed by atoms with Crippen molar-refractivity contribution in [3.05, 3.63) is 24.3 Å². The number of ether oxygens (including phenoxy) is 1. The number of nitrogens with one attached hydrogen (secondary N) is 2. The van der Waals surface area contributed by atoms with Crippen molar-refractivity contribution in [2.45, 2.75) is 26.3 Å². The van der Waals surface area contributed by atoms with Crippen LogP contribution in [0, 0.1) is 5.92 Å². The van der Waals surface area contributed by atoms with Gasteiger partial charge in [0, 0.05) is 38.8 Å². The van der Waals surface area contributed by atoms with E-state index in [1.165, 1.54) is 0 Å². The van der Waals surface area contributed by atoms with E-state index in [2.05, 4.69) is 33.5 Å². The molecule has 2 unspecified atom stereocenters. The highest BCUT2D eigenvalue weighted by Crippen LogP contribution is 2.30. The molecule has 2 rings (SSSR count). The first kappa shape index (κ1) is 18.4. The van der Waals surface area contributed by atoms with E-state index in [4.69, 9.17) is 9.84 Å². The van der Waals surface area contributed by atoms with Gasteiger partial charge in [-0.25, -0.2) is 0 Å². The Kier molecular flexibility index (Phi) is 7.18. The first-order chi connectivity index (χ1) is 11.7. The minimum atomic E-state index is 0.161. The molecule has 0 spiro atoms. The number of aliphatic hydroxyl groups is 1. The van der Waals surface area contributed by atoms with Crippen molar-refractivity contribution < 1.29 is 9.84 Å². The lowest BCUT2D eigenvalue weighted by atomic mass is 10.2. The van der Waals surface area contributed by atoms with Crippen molar-refractivity contribution in [1.29, 1.82) is 0 Å². The Morgan fingerprint density at radius 1 is 1.46 bits per heavy atom. The molecule has 1 aliphatic rings. The topological polar surface area (TPSA) is 69.1 Å². The summed E-state index contributed by atoms with van der Waals surface area (Å²) >= 11 is 0. The molecule has 0 amide bonds. The molecular weight excluding hydrogens is 304 g/mol. The van der Waals surface area contributed by atoms with Gasteiger partial charge in [0.25, 0.3) is 0 Å². The third-order valence-corrected chi connectivity index (χ3v) is 4.17. The third kappa shape index (κ3) is 5.03. The minimum absolute atomic E-state index is 0.161. The van der Waals surface area contributed by atoms with Gasteiger partial charge in [-0.05, 0) is 31.4 Å². The van der Waals surface area contributed by atoms with Crippen molar-refractivity contribution in [2.75, 3.05) is 44.8 Å². The summed E-state index contributed by atoms with van der Waals surface area (Å²) in [6.07, 6.45) is 1.05. The first-order valence-corrected chi connectivity index (χ1v) is 8.71. The highest BCUT2D eigenvalue weighted by Gasteiger charge is 2.25. The molecule has 1 saturated heterocycles. The Balaban J connectivity index is 1.96. The summed E-state index contributed by atoms with van der Waals surface area (Å²) in [6.45, 7) is 7.56. The Bertz CT molecular complexity index is 536. The van der Waals surface area contributed by atoms with Crippen LogP contribution < -0.4 is 20.3 Å². The average Bonchev–Trinajstić information content (AvgIpc) is 3.07. The van der Waals surface area contributed by atoms with E-state index in [9.17, 15) is 0 Å². The molecule has 6 nitrogen and oxygen atoms in total. The minimum Gasteiger partial charge on any atom is -0.495 e. The third-order valence-electron chi connectivity index (χ3n) is 4.17. The Labute approximate surface area is 144 Å².